The molecule has 0 unspecified atom stereocenters. The van der Waals surface area contributed by atoms with Crippen molar-refractivity contribution in [2.75, 3.05) is 11.9 Å². The fourth-order valence-electron chi connectivity index (χ4n) is 1.11. The molecule has 17 heavy (non-hydrogen) atoms. The molecule has 1 rings (SSSR count). The van der Waals surface area contributed by atoms with E-state index in [9.17, 15) is 9.18 Å². The molecule has 1 amide bonds. The minimum atomic E-state index is -0.496. The number of anilines is 1. The van der Waals surface area contributed by atoms with E-state index in [1.165, 1.54) is 18.2 Å². The topological polar surface area (TPSA) is 38.3 Å². The van der Waals surface area contributed by atoms with Crippen LogP contribution in [-0.2, 0) is 9.53 Å². The van der Waals surface area contributed by atoms with E-state index in [0.717, 1.165) is 0 Å². The summed E-state index contributed by atoms with van der Waals surface area (Å²) in [7, 11) is 0. The summed E-state index contributed by atoms with van der Waals surface area (Å²) in [5.41, 5.74) is -0.0748. The predicted molar refractivity (Wildman–Crippen MR) is 65.7 cm³/mol. The van der Waals surface area contributed by atoms with E-state index >= 15 is 0 Å². The van der Waals surface area contributed by atoms with Gasteiger partial charge >= 0.3 is 0 Å². The molecule has 1 aromatic rings. The van der Waals surface area contributed by atoms with Crippen LogP contribution in [0.15, 0.2) is 18.2 Å². The fourth-order valence-corrected chi connectivity index (χ4v) is 1.33. The Labute approximate surface area is 105 Å². The number of rotatable bonds is 3. The molecule has 0 heterocycles. The molecule has 0 atom stereocenters. The number of amides is 1. The van der Waals surface area contributed by atoms with Crippen molar-refractivity contribution in [2.24, 2.45) is 0 Å². The molecule has 0 bridgehead atoms. The molecular formula is C12H15ClFNO2. The molecule has 1 N–H and O–H groups in total. The molecule has 0 aliphatic carbocycles. The second kappa shape index (κ2) is 5.47. The Morgan fingerprint density at radius 1 is 1.41 bits per heavy atom. The molecule has 94 valence electrons. The number of hydrogen-bond donors (Lipinski definition) is 1. The maximum Gasteiger partial charge on any atom is 0.250 e. The Hall–Kier alpha value is -1.13. The summed E-state index contributed by atoms with van der Waals surface area (Å²) in [6.07, 6.45) is 0. The molecule has 0 aliphatic rings. The quantitative estimate of drug-likeness (QED) is 0.905. The van der Waals surface area contributed by atoms with Gasteiger partial charge in [-0.3, -0.25) is 4.79 Å². The van der Waals surface area contributed by atoms with Gasteiger partial charge in [0, 0.05) is 10.7 Å². The second-order valence-electron chi connectivity index (χ2n) is 4.61. The summed E-state index contributed by atoms with van der Waals surface area (Å²) in [4.78, 5) is 11.5. The molecule has 0 radical (unpaired) electrons. The molecule has 0 saturated heterocycles. The number of halogens is 2. The van der Waals surface area contributed by atoms with Crippen LogP contribution in [0.2, 0.25) is 5.02 Å². The number of benzene rings is 1. The Morgan fingerprint density at radius 3 is 2.59 bits per heavy atom. The second-order valence-corrected chi connectivity index (χ2v) is 5.04. The summed E-state index contributed by atoms with van der Waals surface area (Å²) in [6.45, 7) is 5.45. The van der Waals surface area contributed by atoms with Gasteiger partial charge in [0.15, 0.2) is 0 Å². The van der Waals surface area contributed by atoms with Crippen molar-refractivity contribution in [3.63, 3.8) is 0 Å². The van der Waals surface area contributed by atoms with Gasteiger partial charge in [-0.25, -0.2) is 4.39 Å². The largest absolute Gasteiger partial charge is 0.366 e. The number of hydrogen-bond acceptors (Lipinski definition) is 2. The van der Waals surface area contributed by atoms with Crippen LogP contribution in [-0.4, -0.2) is 18.1 Å². The van der Waals surface area contributed by atoms with E-state index in [1.54, 1.807) is 0 Å². The minimum Gasteiger partial charge on any atom is -0.366 e. The van der Waals surface area contributed by atoms with E-state index in [4.69, 9.17) is 16.3 Å². The van der Waals surface area contributed by atoms with Crippen molar-refractivity contribution in [1.29, 1.82) is 0 Å². The third-order valence-electron chi connectivity index (χ3n) is 1.78. The SMILES string of the molecule is CC(C)(C)OCC(=O)Nc1cc(F)cc(Cl)c1. The van der Waals surface area contributed by atoms with Crippen LogP contribution in [0.3, 0.4) is 0 Å². The Morgan fingerprint density at radius 2 is 2.06 bits per heavy atom. The van der Waals surface area contributed by atoms with Crippen LogP contribution in [0.4, 0.5) is 10.1 Å². The van der Waals surface area contributed by atoms with Crippen molar-refractivity contribution in [3.05, 3.63) is 29.0 Å². The van der Waals surface area contributed by atoms with Gasteiger partial charge < -0.3 is 10.1 Å². The monoisotopic (exact) mass is 259 g/mol. The van der Waals surface area contributed by atoms with Crippen LogP contribution in [0, 0.1) is 5.82 Å². The predicted octanol–water partition coefficient (Wildman–Crippen LogP) is 3.23. The Kier molecular flexibility index (Phi) is 4.48. The number of carbonyl (C=O) groups excluding carboxylic acids is 1. The van der Waals surface area contributed by atoms with Crippen molar-refractivity contribution >= 4 is 23.2 Å². The van der Waals surface area contributed by atoms with Crippen molar-refractivity contribution in [1.82, 2.24) is 0 Å². The summed E-state index contributed by atoms with van der Waals surface area (Å²) in [5.74, 6) is -0.842. The lowest BCUT2D eigenvalue weighted by atomic mass is 10.2. The molecule has 0 fully saturated rings. The highest BCUT2D eigenvalue weighted by atomic mass is 35.5. The first-order valence-electron chi connectivity index (χ1n) is 5.16. The van der Waals surface area contributed by atoms with Gasteiger partial charge in [-0.05, 0) is 39.0 Å². The first-order chi connectivity index (χ1) is 7.76. The summed E-state index contributed by atoms with van der Waals surface area (Å²) in [6, 6.07) is 3.84. The van der Waals surface area contributed by atoms with Gasteiger partial charge in [-0.2, -0.15) is 0 Å². The smallest absolute Gasteiger partial charge is 0.250 e. The Balaban J connectivity index is 2.56. The van der Waals surface area contributed by atoms with E-state index in [1.807, 2.05) is 20.8 Å². The normalized spacial score (nSPS) is 11.4. The van der Waals surface area contributed by atoms with E-state index in [0.29, 0.717) is 5.69 Å². The third-order valence-corrected chi connectivity index (χ3v) is 2.00. The molecule has 3 nitrogen and oxygen atoms in total. The van der Waals surface area contributed by atoms with Crippen molar-refractivity contribution in [3.8, 4) is 0 Å². The summed E-state index contributed by atoms with van der Waals surface area (Å²) in [5, 5.41) is 2.74. The highest BCUT2D eigenvalue weighted by molar-refractivity contribution is 6.30. The summed E-state index contributed by atoms with van der Waals surface area (Å²) >= 11 is 5.66. The van der Waals surface area contributed by atoms with E-state index < -0.39 is 11.4 Å². The molecule has 0 aromatic heterocycles. The van der Waals surface area contributed by atoms with Crippen molar-refractivity contribution < 1.29 is 13.9 Å². The number of ether oxygens (including phenoxy) is 1. The molecule has 0 aliphatic heterocycles. The van der Waals surface area contributed by atoms with Crippen LogP contribution >= 0.6 is 11.6 Å². The third kappa shape index (κ3) is 5.65. The lowest BCUT2D eigenvalue weighted by Gasteiger charge is -2.19. The van der Waals surface area contributed by atoms with Gasteiger partial charge in [-0.15, -0.1) is 0 Å². The first kappa shape index (κ1) is 13.9. The lowest BCUT2D eigenvalue weighted by Crippen LogP contribution is -2.27. The zero-order valence-electron chi connectivity index (χ0n) is 10.0. The maximum absolute atomic E-state index is 13.0. The average Bonchev–Trinajstić information content (AvgIpc) is 2.11. The average molecular weight is 260 g/mol. The highest BCUT2D eigenvalue weighted by Crippen LogP contribution is 2.18. The summed E-state index contributed by atoms with van der Waals surface area (Å²) < 4.78 is 18.3. The van der Waals surface area contributed by atoms with Crippen molar-refractivity contribution in [2.45, 2.75) is 26.4 Å². The first-order valence-corrected chi connectivity index (χ1v) is 5.54. The molecular weight excluding hydrogens is 245 g/mol. The zero-order chi connectivity index (χ0) is 13.1. The molecule has 0 spiro atoms. The van der Waals surface area contributed by atoms with Gasteiger partial charge in [0.2, 0.25) is 5.91 Å². The Bertz CT molecular complexity index is 395. The lowest BCUT2D eigenvalue weighted by molar-refractivity contribution is -0.125. The standard InChI is InChI=1S/C12H15ClFNO2/c1-12(2,3)17-7-11(16)15-10-5-8(13)4-9(14)6-10/h4-6H,7H2,1-3H3,(H,15,16). The number of carbonyl (C=O) groups is 1. The van der Waals surface area contributed by atoms with E-state index in [2.05, 4.69) is 5.32 Å². The van der Waals surface area contributed by atoms with Gasteiger partial charge in [0.1, 0.15) is 12.4 Å². The van der Waals surface area contributed by atoms with Crippen LogP contribution in [0.25, 0.3) is 0 Å². The molecule has 1 aromatic carbocycles. The van der Waals surface area contributed by atoms with Crippen LogP contribution < -0.4 is 5.32 Å². The van der Waals surface area contributed by atoms with Gasteiger partial charge in [-0.1, -0.05) is 11.6 Å². The maximum atomic E-state index is 13.0. The van der Waals surface area contributed by atoms with Gasteiger partial charge in [0.05, 0.1) is 5.60 Å². The van der Waals surface area contributed by atoms with Crippen LogP contribution in [0.1, 0.15) is 20.8 Å². The van der Waals surface area contributed by atoms with E-state index in [-0.39, 0.29) is 17.5 Å². The zero-order valence-corrected chi connectivity index (χ0v) is 10.8. The van der Waals surface area contributed by atoms with Gasteiger partial charge in [0.25, 0.3) is 0 Å². The molecule has 5 heteroatoms. The van der Waals surface area contributed by atoms with Crippen LogP contribution in [0.5, 0.6) is 0 Å². The minimum absolute atomic E-state index is 0.0857. The molecule has 0 saturated carbocycles. The fraction of sp³-hybridized carbons (Fsp3) is 0.417. The number of nitrogens with one attached hydrogen (secondary N) is 1. The highest BCUT2D eigenvalue weighted by Gasteiger charge is 2.13.